The van der Waals surface area contributed by atoms with Gasteiger partial charge in [0.2, 0.25) is 0 Å². The predicted octanol–water partition coefficient (Wildman–Crippen LogP) is 0.687. The van der Waals surface area contributed by atoms with Crippen LogP contribution in [-0.4, -0.2) is 26.6 Å². The number of aromatic nitrogens is 3. The van der Waals surface area contributed by atoms with E-state index in [1.807, 2.05) is 13.0 Å². The van der Waals surface area contributed by atoms with E-state index in [1.54, 1.807) is 37.1 Å². The van der Waals surface area contributed by atoms with E-state index in [2.05, 4.69) is 20.7 Å². The molecular formula is C14H17N5O2. The molecule has 0 aliphatic rings. The summed E-state index contributed by atoms with van der Waals surface area (Å²) in [5, 5.41) is 9.31. The SMILES string of the molecule is Cc1nn(C)c(C)c1NC(=O)C(=O)NCc1cccnc1. The lowest BCUT2D eigenvalue weighted by Gasteiger charge is -2.06. The highest BCUT2D eigenvalue weighted by molar-refractivity contribution is 6.39. The zero-order valence-electron chi connectivity index (χ0n) is 12.2. The summed E-state index contributed by atoms with van der Waals surface area (Å²) >= 11 is 0. The van der Waals surface area contributed by atoms with Gasteiger partial charge in [-0.25, -0.2) is 0 Å². The molecule has 0 aliphatic carbocycles. The number of hydrogen-bond acceptors (Lipinski definition) is 4. The number of hydrogen-bond donors (Lipinski definition) is 2. The molecule has 0 fully saturated rings. The quantitative estimate of drug-likeness (QED) is 0.813. The first-order chi connectivity index (χ1) is 9.99. The number of nitrogens with zero attached hydrogens (tertiary/aromatic N) is 3. The Hall–Kier alpha value is -2.70. The lowest BCUT2D eigenvalue weighted by Crippen LogP contribution is -2.35. The fourth-order valence-corrected chi connectivity index (χ4v) is 1.89. The van der Waals surface area contributed by atoms with Crippen LogP contribution < -0.4 is 10.6 Å². The minimum atomic E-state index is -0.710. The van der Waals surface area contributed by atoms with E-state index in [4.69, 9.17) is 0 Å². The Morgan fingerprint density at radius 1 is 1.29 bits per heavy atom. The lowest BCUT2D eigenvalue weighted by molar-refractivity contribution is -0.136. The number of carbonyl (C=O) groups is 2. The molecule has 0 atom stereocenters. The second kappa shape index (κ2) is 6.17. The van der Waals surface area contributed by atoms with Gasteiger partial charge in [-0.3, -0.25) is 19.3 Å². The zero-order chi connectivity index (χ0) is 15.4. The van der Waals surface area contributed by atoms with Crippen LogP contribution in [0.4, 0.5) is 5.69 Å². The van der Waals surface area contributed by atoms with Gasteiger partial charge in [0.15, 0.2) is 0 Å². The average Bonchev–Trinajstić information content (AvgIpc) is 2.72. The smallest absolute Gasteiger partial charge is 0.313 e. The van der Waals surface area contributed by atoms with E-state index >= 15 is 0 Å². The molecule has 0 unspecified atom stereocenters. The molecule has 21 heavy (non-hydrogen) atoms. The molecule has 0 saturated carbocycles. The van der Waals surface area contributed by atoms with Crippen LogP contribution in [0.15, 0.2) is 24.5 Å². The molecule has 110 valence electrons. The van der Waals surface area contributed by atoms with Crippen LogP contribution in [0.2, 0.25) is 0 Å². The van der Waals surface area contributed by atoms with Crippen LogP contribution in [-0.2, 0) is 23.2 Å². The monoisotopic (exact) mass is 287 g/mol. The van der Waals surface area contributed by atoms with Crippen molar-refractivity contribution in [1.29, 1.82) is 0 Å². The summed E-state index contributed by atoms with van der Waals surface area (Å²) in [4.78, 5) is 27.6. The maximum absolute atomic E-state index is 11.9. The van der Waals surface area contributed by atoms with Gasteiger partial charge in [0.05, 0.1) is 17.1 Å². The first-order valence-corrected chi connectivity index (χ1v) is 6.47. The van der Waals surface area contributed by atoms with E-state index in [9.17, 15) is 9.59 Å². The van der Waals surface area contributed by atoms with Crippen molar-refractivity contribution in [3.63, 3.8) is 0 Å². The summed E-state index contributed by atoms with van der Waals surface area (Å²) in [7, 11) is 1.78. The normalized spacial score (nSPS) is 10.2. The Morgan fingerprint density at radius 3 is 2.62 bits per heavy atom. The molecule has 7 heteroatoms. The van der Waals surface area contributed by atoms with Gasteiger partial charge in [-0.1, -0.05) is 6.07 Å². The van der Waals surface area contributed by atoms with Gasteiger partial charge in [-0.2, -0.15) is 5.10 Å². The minimum Gasteiger partial charge on any atom is -0.344 e. The standard InChI is InChI=1S/C14H17N5O2/c1-9-12(10(2)19(3)18-9)17-14(21)13(20)16-8-11-5-4-6-15-7-11/h4-7H,8H2,1-3H3,(H,16,20)(H,17,21). The number of amides is 2. The van der Waals surface area contributed by atoms with Gasteiger partial charge in [-0.15, -0.1) is 0 Å². The van der Waals surface area contributed by atoms with Crippen LogP contribution in [0.1, 0.15) is 17.0 Å². The van der Waals surface area contributed by atoms with Gasteiger partial charge in [0.1, 0.15) is 0 Å². The summed E-state index contributed by atoms with van der Waals surface area (Å²) in [5.41, 5.74) is 2.86. The number of nitrogens with one attached hydrogen (secondary N) is 2. The molecule has 0 radical (unpaired) electrons. The van der Waals surface area contributed by atoms with Crippen molar-refractivity contribution >= 4 is 17.5 Å². The maximum atomic E-state index is 11.9. The zero-order valence-corrected chi connectivity index (χ0v) is 12.2. The molecule has 2 aromatic heterocycles. The second-order valence-electron chi connectivity index (χ2n) is 4.67. The highest BCUT2D eigenvalue weighted by atomic mass is 16.2. The Bertz CT molecular complexity index is 664. The summed E-state index contributed by atoms with van der Waals surface area (Å²) in [6.07, 6.45) is 3.28. The molecule has 0 aromatic carbocycles. The lowest BCUT2D eigenvalue weighted by atomic mass is 10.3. The number of anilines is 1. The van der Waals surface area contributed by atoms with E-state index in [-0.39, 0.29) is 6.54 Å². The van der Waals surface area contributed by atoms with Crippen molar-refractivity contribution in [1.82, 2.24) is 20.1 Å². The van der Waals surface area contributed by atoms with E-state index in [0.29, 0.717) is 11.4 Å². The first-order valence-electron chi connectivity index (χ1n) is 6.47. The maximum Gasteiger partial charge on any atom is 0.313 e. The highest BCUT2D eigenvalue weighted by Gasteiger charge is 2.17. The number of rotatable bonds is 3. The molecule has 0 saturated heterocycles. The Morgan fingerprint density at radius 2 is 2.05 bits per heavy atom. The molecule has 2 amide bonds. The van der Waals surface area contributed by atoms with Crippen molar-refractivity contribution in [2.24, 2.45) is 7.05 Å². The molecule has 2 heterocycles. The minimum absolute atomic E-state index is 0.255. The van der Waals surface area contributed by atoms with Crippen molar-refractivity contribution in [2.45, 2.75) is 20.4 Å². The predicted molar refractivity (Wildman–Crippen MR) is 77.4 cm³/mol. The van der Waals surface area contributed by atoms with Gasteiger partial charge < -0.3 is 10.6 Å². The van der Waals surface area contributed by atoms with E-state index < -0.39 is 11.8 Å². The van der Waals surface area contributed by atoms with Crippen molar-refractivity contribution in [2.75, 3.05) is 5.32 Å². The summed E-state index contributed by atoms with van der Waals surface area (Å²) in [5.74, 6) is -1.40. The third-order valence-electron chi connectivity index (χ3n) is 3.13. The first kappa shape index (κ1) is 14.7. The second-order valence-corrected chi connectivity index (χ2v) is 4.67. The Balaban J connectivity index is 1.95. The Labute approximate surface area is 122 Å². The van der Waals surface area contributed by atoms with Gasteiger partial charge in [-0.05, 0) is 25.5 Å². The fraction of sp³-hybridized carbons (Fsp3) is 0.286. The van der Waals surface area contributed by atoms with Crippen molar-refractivity contribution in [3.05, 3.63) is 41.5 Å². The van der Waals surface area contributed by atoms with Crippen LogP contribution in [0, 0.1) is 13.8 Å². The largest absolute Gasteiger partial charge is 0.344 e. The number of pyridine rings is 1. The van der Waals surface area contributed by atoms with Gasteiger partial charge in [0.25, 0.3) is 0 Å². The Kier molecular flexibility index (Phi) is 4.32. The molecule has 0 spiro atoms. The molecule has 2 rings (SSSR count). The van der Waals surface area contributed by atoms with Gasteiger partial charge in [0, 0.05) is 26.0 Å². The molecule has 0 bridgehead atoms. The topological polar surface area (TPSA) is 88.9 Å². The molecule has 2 N–H and O–H groups in total. The van der Waals surface area contributed by atoms with Crippen molar-refractivity contribution < 1.29 is 9.59 Å². The van der Waals surface area contributed by atoms with Gasteiger partial charge >= 0.3 is 11.8 Å². The summed E-state index contributed by atoms with van der Waals surface area (Å²) in [6.45, 7) is 3.85. The molecule has 2 aromatic rings. The molecule has 0 aliphatic heterocycles. The third kappa shape index (κ3) is 3.44. The van der Waals surface area contributed by atoms with Crippen LogP contribution in [0.5, 0.6) is 0 Å². The summed E-state index contributed by atoms with van der Waals surface area (Å²) in [6, 6.07) is 3.59. The van der Waals surface area contributed by atoms with Crippen LogP contribution in [0.25, 0.3) is 0 Å². The highest BCUT2D eigenvalue weighted by Crippen LogP contribution is 2.17. The number of carbonyl (C=O) groups excluding carboxylic acids is 2. The molecule has 7 nitrogen and oxygen atoms in total. The van der Waals surface area contributed by atoms with Crippen LogP contribution in [0.3, 0.4) is 0 Å². The van der Waals surface area contributed by atoms with E-state index in [0.717, 1.165) is 11.3 Å². The number of aryl methyl sites for hydroxylation is 2. The molecular weight excluding hydrogens is 270 g/mol. The summed E-state index contributed by atoms with van der Waals surface area (Å²) < 4.78 is 1.65. The van der Waals surface area contributed by atoms with Crippen LogP contribution >= 0.6 is 0 Å². The average molecular weight is 287 g/mol. The van der Waals surface area contributed by atoms with E-state index in [1.165, 1.54) is 0 Å². The fourth-order valence-electron chi connectivity index (χ4n) is 1.89. The third-order valence-corrected chi connectivity index (χ3v) is 3.13. The van der Waals surface area contributed by atoms with Crippen molar-refractivity contribution in [3.8, 4) is 0 Å².